The third-order valence-electron chi connectivity index (χ3n) is 4.01. The number of aromatic nitrogens is 1. The molecule has 0 saturated heterocycles. The third-order valence-corrected chi connectivity index (χ3v) is 5.19. The summed E-state index contributed by atoms with van der Waals surface area (Å²) in [4.78, 5) is 8.70. The fourth-order valence-corrected chi connectivity index (χ4v) is 3.52. The summed E-state index contributed by atoms with van der Waals surface area (Å²) in [6.07, 6.45) is 5.05. The Morgan fingerprint density at radius 2 is 2.16 bits per heavy atom. The average Bonchev–Trinajstić information content (AvgIpc) is 3.18. The maximum atomic E-state index is 4.89. The molecule has 1 aromatic rings. The Labute approximate surface area is 121 Å². The molecule has 1 N–H and O–H groups in total. The zero-order valence-corrected chi connectivity index (χ0v) is 13.5. The van der Waals surface area contributed by atoms with E-state index in [0.29, 0.717) is 6.04 Å². The molecule has 1 aliphatic rings. The minimum Gasteiger partial charge on any atom is -0.348 e. The van der Waals surface area contributed by atoms with Crippen LogP contribution in [0.5, 0.6) is 0 Å². The summed E-state index contributed by atoms with van der Waals surface area (Å²) >= 11 is 1.87. The van der Waals surface area contributed by atoms with Crippen molar-refractivity contribution in [3.63, 3.8) is 0 Å². The molecule has 1 saturated carbocycles. The number of hydrogen-bond acceptors (Lipinski definition) is 4. The van der Waals surface area contributed by atoms with Crippen LogP contribution < -0.4 is 10.2 Å². The van der Waals surface area contributed by atoms with E-state index in [1.165, 1.54) is 35.0 Å². The van der Waals surface area contributed by atoms with Crippen molar-refractivity contribution in [2.75, 3.05) is 18.5 Å². The molecule has 0 aromatic carbocycles. The van der Waals surface area contributed by atoms with Gasteiger partial charge in [-0.05, 0) is 38.6 Å². The van der Waals surface area contributed by atoms with Crippen molar-refractivity contribution in [2.45, 2.75) is 59.0 Å². The zero-order valence-electron chi connectivity index (χ0n) is 12.7. The number of thiazole rings is 1. The average molecular weight is 281 g/mol. The van der Waals surface area contributed by atoms with Gasteiger partial charge in [0.25, 0.3) is 0 Å². The van der Waals surface area contributed by atoms with Crippen molar-refractivity contribution in [3.8, 4) is 0 Å². The largest absolute Gasteiger partial charge is 0.348 e. The standard InChI is InChI=1S/C15H27N3S/c1-5-7-13-14(10-16-6-2)19-15(17-13)18(4)11(3)12-8-9-12/h11-12,16H,5-10H2,1-4H3. The first-order valence-corrected chi connectivity index (χ1v) is 8.41. The molecule has 1 heterocycles. The van der Waals surface area contributed by atoms with E-state index < -0.39 is 0 Å². The molecule has 2 rings (SSSR count). The second kappa shape index (κ2) is 6.71. The number of aryl methyl sites for hydroxylation is 1. The number of nitrogens with one attached hydrogen (secondary N) is 1. The molecule has 0 spiro atoms. The lowest BCUT2D eigenvalue weighted by molar-refractivity contribution is 0.607. The van der Waals surface area contributed by atoms with Gasteiger partial charge < -0.3 is 10.2 Å². The first-order valence-electron chi connectivity index (χ1n) is 7.59. The van der Waals surface area contributed by atoms with Crippen LogP contribution in [0.2, 0.25) is 0 Å². The van der Waals surface area contributed by atoms with Gasteiger partial charge in [0, 0.05) is 24.5 Å². The van der Waals surface area contributed by atoms with Crippen LogP contribution in [-0.4, -0.2) is 24.6 Å². The SMILES string of the molecule is CCCc1nc(N(C)C(C)C2CC2)sc1CNCC. The highest BCUT2D eigenvalue weighted by Gasteiger charge is 2.31. The quantitative estimate of drug-likeness (QED) is 0.791. The second-order valence-electron chi connectivity index (χ2n) is 5.59. The lowest BCUT2D eigenvalue weighted by Crippen LogP contribution is -2.30. The van der Waals surface area contributed by atoms with Crippen LogP contribution >= 0.6 is 11.3 Å². The highest BCUT2D eigenvalue weighted by atomic mass is 32.1. The molecule has 1 aliphatic carbocycles. The van der Waals surface area contributed by atoms with Crippen LogP contribution in [-0.2, 0) is 13.0 Å². The summed E-state index contributed by atoms with van der Waals surface area (Å²) in [6, 6.07) is 0.632. The topological polar surface area (TPSA) is 28.2 Å². The van der Waals surface area contributed by atoms with Crippen LogP contribution in [0.3, 0.4) is 0 Å². The molecule has 3 nitrogen and oxygen atoms in total. The van der Waals surface area contributed by atoms with E-state index in [9.17, 15) is 0 Å². The molecule has 1 fully saturated rings. The number of rotatable bonds is 8. The fourth-order valence-electron chi connectivity index (χ4n) is 2.40. The van der Waals surface area contributed by atoms with Gasteiger partial charge in [0.1, 0.15) is 0 Å². The monoisotopic (exact) mass is 281 g/mol. The summed E-state index contributed by atoms with van der Waals surface area (Å²) in [7, 11) is 2.20. The van der Waals surface area contributed by atoms with E-state index in [1.807, 2.05) is 11.3 Å². The van der Waals surface area contributed by atoms with Crippen LogP contribution in [0.15, 0.2) is 0 Å². The van der Waals surface area contributed by atoms with Gasteiger partial charge in [-0.1, -0.05) is 20.3 Å². The van der Waals surface area contributed by atoms with Gasteiger partial charge in [-0.2, -0.15) is 0 Å². The van der Waals surface area contributed by atoms with E-state index in [0.717, 1.165) is 25.4 Å². The van der Waals surface area contributed by atoms with Crippen molar-refractivity contribution in [2.24, 2.45) is 5.92 Å². The van der Waals surface area contributed by atoms with Gasteiger partial charge in [0.2, 0.25) is 0 Å². The minimum atomic E-state index is 0.632. The number of hydrogen-bond donors (Lipinski definition) is 1. The van der Waals surface area contributed by atoms with Crippen molar-refractivity contribution >= 4 is 16.5 Å². The highest BCUT2D eigenvalue weighted by molar-refractivity contribution is 7.15. The summed E-state index contributed by atoms with van der Waals surface area (Å²) in [5.74, 6) is 0.890. The predicted molar refractivity (Wildman–Crippen MR) is 84.1 cm³/mol. The first-order chi connectivity index (χ1) is 9.17. The maximum Gasteiger partial charge on any atom is 0.185 e. The van der Waals surface area contributed by atoms with Gasteiger partial charge in [-0.15, -0.1) is 11.3 Å². The van der Waals surface area contributed by atoms with Crippen LogP contribution in [0, 0.1) is 5.92 Å². The van der Waals surface area contributed by atoms with E-state index in [4.69, 9.17) is 4.98 Å². The maximum absolute atomic E-state index is 4.89. The second-order valence-corrected chi connectivity index (χ2v) is 6.65. The van der Waals surface area contributed by atoms with Gasteiger partial charge in [-0.3, -0.25) is 0 Å². The highest BCUT2D eigenvalue weighted by Crippen LogP contribution is 2.37. The smallest absolute Gasteiger partial charge is 0.185 e. The van der Waals surface area contributed by atoms with Crippen LogP contribution in [0.1, 0.15) is 50.6 Å². The molecule has 1 atom stereocenters. The summed E-state index contributed by atoms with van der Waals surface area (Å²) < 4.78 is 0. The molecule has 0 amide bonds. The summed E-state index contributed by atoms with van der Waals surface area (Å²) in [5, 5.41) is 4.64. The Bertz CT molecular complexity index is 398. The first kappa shape index (κ1) is 14.8. The Balaban J connectivity index is 2.10. The fraction of sp³-hybridized carbons (Fsp3) is 0.800. The van der Waals surface area contributed by atoms with E-state index in [2.05, 4.69) is 38.0 Å². The Morgan fingerprint density at radius 3 is 2.74 bits per heavy atom. The number of anilines is 1. The van der Waals surface area contributed by atoms with Crippen molar-refractivity contribution in [1.82, 2.24) is 10.3 Å². The molecular weight excluding hydrogens is 254 g/mol. The van der Waals surface area contributed by atoms with Gasteiger partial charge >= 0.3 is 0 Å². The molecule has 0 radical (unpaired) electrons. The van der Waals surface area contributed by atoms with Crippen molar-refractivity contribution in [1.29, 1.82) is 0 Å². The molecular formula is C15H27N3S. The Hall–Kier alpha value is -0.610. The molecule has 19 heavy (non-hydrogen) atoms. The molecule has 0 bridgehead atoms. The Kier molecular flexibility index (Phi) is 5.22. The molecule has 108 valence electrons. The summed E-state index contributed by atoms with van der Waals surface area (Å²) in [6.45, 7) is 8.71. The van der Waals surface area contributed by atoms with Gasteiger partial charge in [-0.25, -0.2) is 4.98 Å². The van der Waals surface area contributed by atoms with Gasteiger partial charge in [0.15, 0.2) is 5.13 Å². The Morgan fingerprint density at radius 1 is 1.42 bits per heavy atom. The van der Waals surface area contributed by atoms with Crippen LogP contribution in [0.4, 0.5) is 5.13 Å². The lowest BCUT2D eigenvalue weighted by atomic mass is 10.2. The molecule has 1 aromatic heterocycles. The minimum absolute atomic E-state index is 0.632. The lowest BCUT2D eigenvalue weighted by Gasteiger charge is -2.23. The van der Waals surface area contributed by atoms with E-state index >= 15 is 0 Å². The molecule has 4 heteroatoms. The summed E-state index contributed by atoms with van der Waals surface area (Å²) in [5.41, 5.74) is 1.30. The van der Waals surface area contributed by atoms with Gasteiger partial charge in [0.05, 0.1) is 5.69 Å². The normalized spacial score (nSPS) is 16.6. The predicted octanol–water partition coefficient (Wildman–Crippen LogP) is 3.44. The van der Waals surface area contributed by atoms with Crippen LogP contribution in [0.25, 0.3) is 0 Å². The number of nitrogens with zero attached hydrogens (tertiary/aromatic N) is 2. The molecule has 0 aliphatic heterocycles. The zero-order chi connectivity index (χ0) is 13.8. The van der Waals surface area contributed by atoms with Crippen molar-refractivity contribution in [3.05, 3.63) is 10.6 Å². The van der Waals surface area contributed by atoms with Crippen molar-refractivity contribution < 1.29 is 0 Å². The van der Waals surface area contributed by atoms with E-state index in [-0.39, 0.29) is 0 Å². The molecule has 1 unspecified atom stereocenters. The third kappa shape index (κ3) is 3.69. The van der Waals surface area contributed by atoms with E-state index in [1.54, 1.807) is 0 Å².